The van der Waals surface area contributed by atoms with E-state index in [1.807, 2.05) is 0 Å². The van der Waals surface area contributed by atoms with Crippen molar-refractivity contribution < 1.29 is 4.74 Å². The van der Waals surface area contributed by atoms with Crippen molar-refractivity contribution in [2.75, 3.05) is 13.2 Å². The molecule has 0 N–H and O–H groups in total. The molecule has 0 unspecified atom stereocenters. The summed E-state index contributed by atoms with van der Waals surface area (Å²) in [5.74, 6) is 0. The first-order valence-corrected chi connectivity index (χ1v) is 5.87. The molecule has 0 bridgehead atoms. The highest BCUT2D eigenvalue weighted by Crippen LogP contribution is 2.35. The zero-order chi connectivity index (χ0) is 9.54. The van der Waals surface area contributed by atoms with Gasteiger partial charge < -0.3 is 4.74 Å². The topological polar surface area (TPSA) is 12.5 Å². The van der Waals surface area contributed by atoms with E-state index in [1.165, 1.54) is 37.7 Å². The molecule has 2 heteroatoms. The van der Waals surface area contributed by atoms with Crippen LogP contribution in [0.2, 0.25) is 0 Å². The lowest BCUT2D eigenvalue weighted by molar-refractivity contribution is 0.0658. The normalized spacial score (nSPS) is 37.9. The summed E-state index contributed by atoms with van der Waals surface area (Å²) in [4.78, 5) is 2.62. The van der Waals surface area contributed by atoms with Crippen LogP contribution in [0.15, 0.2) is 12.2 Å². The molecule has 14 heavy (non-hydrogen) atoms. The number of fused-ring (bicyclic) bond motifs is 1. The van der Waals surface area contributed by atoms with Crippen molar-refractivity contribution >= 4 is 0 Å². The van der Waals surface area contributed by atoms with Gasteiger partial charge in [-0.25, -0.2) is 0 Å². The van der Waals surface area contributed by atoms with Gasteiger partial charge in [0, 0.05) is 18.6 Å². The molecule has 3 rings (SSSR count). The average Bonchev–Trinajstić information content (AvgIpc) is 2.81. The van der Waals surface area contributed by atoms with Gasteiger partial charge in [-0.15, -0.1) is 0 Å². The van der Waals surface area contributed by atoms with E-state index in [-0.39, 0.29) is 0 Å². The van der Waals surface area contributed by atoms with Crippen molar-refractivity contribution in [1.29, 1.82) is 0 Å². The second-order valence-electron chi connectivity index (χ2n) is 5.04. The molecule has 3 fully saturated rings. The molecule has 3 aliphatic rings. The minimum atomic E-state index is 0.611. The van der Waals surface area contributed by atoms with Gasteiger partial charge in [0.15, 0.2) is 0 Å². The molecule has 0 aromatic rings. The molecule has 0 aromatic heterocycles. The van der Waals surface area contributed by atoms with E-state index in [0.717, 1.165) is 19.2 Å². The lowest BCUT2D eigenvalue weighted by Gasteiger charge is -2.23. The van der Waals surface area contributed by atoms with Gasteiger partial charge in [-0.05, 0) is 32.1 Å². The van der Waals surface area contributed by atoms with Crippen molar-refractivity contribution in [3.05, 3.63) is 12.2 Å². The predicted molar refractivity (Wildman–Crippen MR) is 56.2 cm³/mol. The van der Waals surface area contributed by atoms with Crippen LogP contribution < -0.4 is 0 Å². The minimum absolute atomic E-state index is 0.611. The fraction of sp³-hybridized carbons (Fsp3) is 0.833. The quantitative estimate of drug-likeness (QED) is 0.635. The number of ether oxygens (including phenoxy) is 1. The predicted octanol–water partition coefficient (Wildman–Crippen LogP) is 1.96. The minimum Gasteiger partial charge on any atom is -0.377 e. The van der Waals surface area contributed by atoms with Crippen LogP contribution in [0, 0.1) is 0 Å². The average molecular weight is 193 g/mol. The summed E-state index contributed by atoms with van der Waals surface area (Å²) >= 11 is 0. The molecule has 2 atom stereocenters. The molecule has 2 heterocycles. The molecule has 0 radical (unpaired) electrons. The van der Waals surface area contributed by atoms with Crippen molar-refractivity contribution in [3.8, 4) is 0 Å². The van der Waals surface area contributed by atoms with Crippen LogP contribution >= 0.6 is 0 Å². The van der Waals surface area contributed by atoms with Crippen molar-refractivity contribution in [2.45, 2.75) is 50.3 Å². The van der Waals surface area contributed by atoms with Crippen LogP contribution in [0.1, 0.15) is 32.1 Å². The lowest BCUT2D eigenvalue weighted by Crippen LogP contribution is -2.34. The van der Waals surface area contributed by atoms with Gasteiger partial charge in [0.2, 0.25) is 0 Å². The van der Waals surface area contributed by atoms with E-state index in [0.29, 0.717) is 12.1 Å². The summed E-state index contributed by atoms with van der Waals surface area (Å²) in [5, 5.41) is 0. The fourth-order valence-corrected chi connectivity index (χ4v) is 2.81. The Morgan fingerprint density at radius 2 is 2.14 bits per heavy atom. The molecule has 2 nitrogen and oxygen atoms in total. The number of hydrogen-bond acceptors (Lipinski definition) is 2. The lowest BCUT2D eigenvalue weighted by atomic mass is 10.1. The maximum Gasteiger partial charge on any atom is 0.0625 e. The third kappa shape index (κ3) is 1.61. The van der Waals surface area contributed by atoms with E-state index in [4.69, 9.17) is 4.74 Å². The Bertz CT molecular complexity index is 247. The van der Waals surface area contributed by atoms with Crippen LogP contribution in [0.3, 0.4) is 0 Å². The van der Waals surface area contributed by atoms with Gasteiger partial charge in [0.25, 0.3) is 0 Å². The Morgan fingerprint density at radius 3 is 2.93 bits per heavy atom. The highest BCUT2D eigenvalue weighted by Gasteiger charge is 2.38. The van der Waals surface area contributed by atoms with E-state index < -0.39 is 0 Å². The van der Waals surface area contributed by atoms with Gasteiger partial charge in [-0.2, -0.15) is 0 Å². The molecule has 2 aliphatic heterocycles. The summed E-state index contributed by atoms with van der Waals surface area (Å²) in [6.07, 6.45) is 7.13. The summed E-state index contributed by atoms with van der Waals surface area (Å²) in [6.45, 7) is 6.19. The van der Waals surface area contributed by atoms with E-state index in [9.17, 15) is 0 Å². The van der Waals surface area contributed by atoms with E-state index >= 15 is 0 Å². The first-order chi connectivity index (χ1) is 6.83. The smallest absolute Gasteiger partial charge is 0.0625 e. The number of hydrogen-bond donors (Lipinski definition) is 0. The van der Waals surface area contributed by atoms with Gasteiger partial charge in [-0.1, -0.05) is 12.2 Å². The van der Waals surface area contributed by atoms with Gasteiger partial charge in [0.1, 0.15) is 0 Å². The largest absolute Gasteiger partial charge is 0.377 e. The molecule has 0 amide bonds. The highest BCUT2D eigenvalue weighted by molar-refractivity contribution is 5.11. The molecular formula is C12H19NO. The summed E-state index contributed by atoms with van der Waals surface area (Å²) in [5.41, 5.74) is 1.42. The maximum atomic E-state index is 5.81. The first-order valence-electron chi connectivity index (χ1n) is 5.87. The van der Waals surface area contributed by atoms with Crippen LogP contribution in [-0.4, -0.2) is 36.2 Å². The molecule has 1 aliphatic carbocycles. The van der Waals surface area contributed by atoms with Crippen molar-refractivity contribution in [1.82, 2.24) is 4.90 Å². The Labute approximate surface area is 85.9 Å². The van der Waals surface area contributed by atoms with Gasteiger partial charge in [0.05, 0.1) is 12.7 Å². The Morgan fingerprint density at radius 1 is 1.29 bits per heavy atom. The van der Waals surface area contributed by atoms with Crippen molar-refractivity contribution in [3.63, 3.8) is 0 Å². The van der Waals surface area contributed by atoms with Crippen LogP contribution in [-0.2, 0) is 4.74 Å². The van der Waals surface area contributed by atoms with Gasteiger partial charge >= 0.3 is 0 Å². The second kappa shape index (κ2) is 3.35. The summed E-state index contributed by atoms with van der Waals surface area (Å²) in [7, 11) is 0. The molecule has 0 spiro atoms. The van der Waals surface area contributed by atoms with Gasteiger partial charge in [-0.3, -0.25) is 4.90 Å². The first kappa shape index (κ1) is 8.93. The Balaban J connectivity index is 1.55. The standard InChI is InChI=1S/C12H19NO/c1-9-6-10-2-3-11(13(10)7-9)8-14-12-4-5-12/h10-12H,1-8H2/t10-,11-/m0/s1. The van der Waals surface area contributed by atoms with Crippen LogP contribution in [0.5, 0.6) is 0 Å². The van der Waals surface area contributed by atoms with Crippen molar-refractivity contribution in [2.24, 2.45) is 0 Å². The molecule has 78 valence electrons. The van der Waals surface area contributed by atoms with Crippen LogP contribution in [0.25, 0.3) is 0 Å². The zero-order valence-electron chi connectivity index (χ0n) is 8.74. The zero-order valence-corrected chi connectivity index (χ0v) is 8.74. The molecule has 1 saturated carbocycles. The molecular weight excluding hydrogens is 174 g/mol. The second-order valence-corrected chi connectivity index (χ2v) is 5.04. The monoisotopic (exact) mass is 193 g/mol. The Hall–Kier alpha value is -0.340. The number of nitrogens with zero attached hydrogens (tertiary/aromatic N) is 1. The van der Waals surface area contributed by atoms with E-state index in [1.54, 1.807) is 0 Å². The molecule has 0 aromatic carbocycles. The highest BCUT2D eigenvalue weighted by atomic mass is 16.5. The third-order valence-electron chi connectivity index (χ3n) is 3.75. The Kier molecular flexibility index (Phi) is 2.14. The SMILES string of the molecule is C=C1C[C@@H]2CC[C@@H](COC3CC3)N2C1. The van der Waals surface area contributed by atoms with E-state index in [2.05, 4.69) is 11.5 Å². The van der Waals surface area contributed by atoms with Crippen LogP contribution in [0.4, 0.5) is 0 Å². The summed E-state index contributed by atoms with van der Waals surface area (Å²) < 4.78 is 5.81. The molecule has 2 saturated heterocycles. The fourth-order valence-electron chi connectivity index (χ4n) is 2.81. The third-order valence-corrected chi connectivity index (χ3v) is 3.75. The maximum absolute atomic E-state index is 5.81. The number of rotatable bonds is 3. The summed E-state index contributed by atoms with van der Waals surface area (Å²) in [6, 6.07) is 1.50.